The number of hydrogen-bond acceptors (Lipinski definition) is 4. The second kappa shape index (κ2) is 14.2. The zero-order valence-corrected chi connectivity index (χ0v) is 23.2. The van der Waals surface area contributed by atoms with Gasteiger partial charge in [-0.25, -0.2) is 0 Å². The molecule has 0 bridgehead atoms. The fourth-order valence-electron chi connectivity index (χ4n) is 4.40. The molecule has 0 saturated carbocycles. The fraction of sp³-hybridized carbons (Fsp3) is 0.375. The normalized spacial score (nSPS) is 12.3. The molecule has 0 aliphatic heterocycles. The molecule has 2 atom stereocenters. The highest BCUT2D eigenvalue weighted by Crippen LogP contribution is 2.28. The predicted molar refractivity (Wildman–Crippen MR) is 151 cm³/mol. The lowest BCUT2D eigenvalue weighted by atomic mass is 10.00. The van der Waals surface area contributed by atoms with E-state index in [1.165, 1.54) is 0 Å². The Kier molecular flexibility index (Phi) is 10.8. The zero-order valence-electron chi connectivity index (χ0n) is 23.2. The van der Waals surface area contributed by atoms with Crippen LogP contribution in [0.2, 0.25) is 0 Å². The molecule has 0 aliphatic carbocycles. The molecule has 3 aromatic carbocycles. The van der Waals surface area contributed by atoms with E-state index in [9.17, 15) is 9.59 Å². The van der Waals surface area contributed by atoms with Crippen molar-refractivity contribution in [1.82, 2.24) is 10.2 Å². The van der Waals surface area contributed by atoms with Crippen LogP contribution in [0.5, 0.6) is 11.5 Å². The van der Waals surface area contributed by atoms with E-state index in [2.05, 4.69) is 5.32 Å². The average Bonchev–Trinajstić information content (AvgIpc) is 2.94. The van der Waals surface area contributed by atoms with Crippen molar-refractivity contribution in [2.75, 3.05) is 14.2 Å². The third-order valence-corrected chi connectivity index (χ3v) is 6.95. The first-order valence-electron chi connectivity index (χ1n) is 13.2. The topological polar surface area (TPSA) is 67.9 Å². The van der Waals surface area contributed by atoms with E-state index in [0.29, 0.717) is 30.9 Å². The predicted octanol–water partition coefficient (Wildman–Crippen LogP) is 5.50. The summed E-state index contributed by atoms with van der Waals surface area (Å²) in [7, 11) is 3.20. The minimum absolute atomic E-state index is 0.0166. The lowest BCUT2D eigenvalue weighted by Gasteiger charge is -2.33. The van der Waals surface area contributed by atoms with Gasteiger partial charge in [-0.15, -0.1) is 0 Å². The molecule has 38 heavy (non-hydrogen) atoms. The zero-order chi connectivity index (χ0) is 27.5. The Morgan fingerprint density at radius 2 is 1.58 bits per heavy atom. The fourth-order valence-corrected chi connectivity index (χ4v) is 4.40. The molecule has 6 heteroatoms. The molecular weight excluding hydrogens is 476 g/mol. The smallest absolute Gasteiger partial charge is 0.243 e. The second-order valence-electron chi connectivity index (χ2n) is 9.66. The van der Waals surface area contributed by atoms with Gasteiger partial charge in [-0.1, -0.05) is 67.6 Å². The monoisotopic (exact) mass is 516 g/mol. The number of benzene rings is 3. The van der Waals surface area contributed by atoms with Gasteiger partial charge < -0.3 is 19.7 Å². The van der Waals surface area contributed by atoms with Crippen LogP contribution in [0.25, 0.3) is 0 Å². The number of amides is 2. The van der Waals surface area contributed by atoms with Crippen LogP contribution in [0.3, 0.4) is 0 Å². The summed E-state index contributed by atoms with van der Waals surface area (Å²) in [5, 5.41) is 3.12. The summed E-state index contributed by atoms with van der Waals surface area (Å²) in [6.07, 6.45) is 2.05. The van der Waals surface area contributed by atoms with Gasteiger partial charge in [0.05, 0.1) is 14.2 Å². The number of methoxy groups -OCH3 is 2. The minimum atomic E-state index is -0.635. The van der Waals surface area contributed by atoms with Crippen molar-refractivity contribution in [3.63, 3.8) is 0 Å². The largest absolute Gasteiger partial charge is 0.493 e. The number of rotatable bonds is 13. The van der Waals surface area contributed by atoms with Gasteiger partial charge in [-0.2, -0.15) is 0 Å². The lowest BCUT2D eigenvalue weighted by Crippen LogP contribution is -2.52. The van der Waals surface area contributed by atoms with E-state index >= 15 is 0 Å². The molecule has 0 aliphatic rings. The molecule has 0 unspecified atom stereocenters. The Balaban J connectivity index is 1.92. The van der Waals surface area contributed by atoms with Crippen LogP contribution in [0, 0.1) is 6.92 Å². The molecule has 0 radical (unpaired) electrons. The third kappa shape index (κ3) is 7.85. The van der Waals surface area contributed by atoms with Crippen molar-refractivity contribution in [3.8, 4) is 11.5 Å². The van der Waals surface area contributed by atoms with Gasteiger partial charge in [0.2, 0.25) is 11.8 Å². The third-order valence-electron chi connectivity index (χ3n) is 6.95. The molecule has 0 spiro atoms. The van der Waals surface area contributed by atoms with E-state index in [0.717, 1.165) is 28.7 Å². The van der Waals surface area contributed by atoms with Gasteiger partial charge in [0.15, 0.2) is 11.5 Å². The van der Waals surface area contributed by atoms with E-state index in [4.69, 9.17) is 9.47 Å². The highest BCUT2D eigenvalue weighted by Gasteiger charge is 2.31. The number of carbonyl (C=O) groups excluding carboxylic acids is 2. The van der Waals surface area contributed by atoms with Gasteiger partial charge in [0.25, 0.3) is 0 Å². The maximum atomic E-state index is 13.9. The standard InChI is InChI=1S/C32H40N2O4/c1-6-24(3)33-32(36)28(20-25-13-8-7-9-14-25)34(22-27-15-11-10-12-23(27)2)31(35)19-17-26-16-18-29(37-4)30(21-26)38-5/h7-16,18,21,24,28H,6,17,19-20,22H2,1-5H3,(H,33,36)/t24-,28+/m0/s1. The first kappa shape index (κ1) is 28.8. The molecule has 0 saturated heterocycles. The Labute approximate surface area is 227 Å². The quantitative estimate of drug-likeness (QED) is 0.326. The van der Waals surface area contributed by atoms with Gasteiger partial charge in [-0.05, 0) is 61.1 Å². The van der Waals surface area contributed by atoms with Crippen molar-refractivity contribution in [3.05, 3.63) is 95.1 Å². The second-order valence-corrected chi connectivity index (χ2v) is 9.66. The molecule has 3 aromatic rings. The summed E-state index contributed by atoms with van der Waals surface area (Å²) in [6.45, 7) is 6.43. The Morgan fingerprint density at radius 1 is 0.895 bits per heavy atom. The van der Waals surface area contributed by atoms with Gasteiger partial charge in [0.1, 0.15) is 6.04 Å². The first-order valence-corrected chi connectivity index (χ1v) is 13.2. The van der Waals surface area contributed by atoms with Gasteiger partial charge >= 0.3 is 0 Å². The SMILES string of the molecule is CC[C@H](C)NC(=O)[C@@H](Cc1ccccc1)N(Cc1ccccc1C)C(=O)CCc1ccc(OC)c(OC)c1. The summed E-state index contributed by atoms with van der Waals surface area (Å²) < 4.78 is 10.8. The Bertz CT molecular complexity index is 1200. The molecule has 6 nitrogen and oxygen atoms in total. The van der Waals surface area contributed by atoms with E-state index in [-0.39, 0.29) is 24.3 Å². The number of nitrogens with zero attached hydrogens (tertiary/aromatic N) is 1. The Morgan fingerprint density at radius 3 is 2.24 bits per heavy atom. The average molecular weight is 517 g/mol. The van der Waals surface area contributed by atoms with Crippen LogP contribution in [0.15, 0.2) is 72.8 Å². The molecule has 202 valence electrons. The van der Waals surface area contributed by atoms with Crippen molar-refractivity contribution < 1.29 is 19.1 Å². The van der Waals surface area contributed by atoms with Crippen LogP contribution in [0.4, 0.5) is 0 Å². The molecule has 2 amide bonds. The number of hydrogen-bond donors (Lipinski definition) is 1. The molecule has 3 rings (SSSR count). The molecular formula is C32H40N2O4. The number of carbonyl (C=O) groups is 2. The van der Waals surface area contributed by atoms with Crippen LogP contribution in [-0.4, -0.2) is 43.0 Å². The summed E-state index contributed by atoms with van der Waals surface area (Å²) in [5.74, 6) is 1.08. The maximum Gasteiger partial charge on any atom is 0.243 e. The molecule has 0 heterocycles. The summed E-state index contributed by atoms with van der Waals surface area (Å²) in [6, 6.07) is 23.0. The summed E-state index contributed by atoms with van der Waals surface area (Å²) in [5.41, 5.74) is 4.10. The van der Waals surface area contributed by atoms with Crippen LogP contribution in [-0.2, 0) is 29.0 Å². The van der Waals surface area contributed by atoms with Gasteiger partial charge in [0, 0.05) is 25.4 Å². The van der Waals surface area contributed by atoms with Gasteiger partial charge in [-0.3, -0.25) is 9.59 Å². The molecule has 1 N–H and O–H groups in total. The van der Waals surface area contributed by atoms with Crippen molar-refractivity contribution in [1.29, 1.82) is 0 Å². The van der Waals surface area contributed by atoms with Crippen LogP contribution in [0.1, 0.15) is 48.9 Å². The first-order chi connectivity index (χ1) is 18.4. The minimum Gasteiger partial charge on any atom is -0.493 e. The molecule has 0 aromatic heterocycles. The number of nitrogens with one attached hydrogen (secondary N) is 1. The highest BCUT2D eigenvalue weighted by molar-refractivity contribution is 5.88. The lowest BCUT2D eigenvalue weighted by molar-refractivity contribution is -0.141. The van der Waals surface area contributed by atoms with Crippen LogP contribution >= 0.6 is 0 Å². The van der Waals surface area contributed by atoms with E-state index < -0.39 is 6.04 Å². The van der Waals surface area contributed by atoms with E-state index in [1.54, 1.807) is 19.1 Å². The summed E-state index contributed by atoms with van der Waals surface area (Å²) in [4.78, 5) is 29.3. The molecule has 0 fully saturated rings. The summed E-state index contributed by atoms with van der Waals surface area (Å²) >= 11 is 0. The number of aryl methyl sites for hydroxylation is 2. The maximum absolute atomic E-state index is 13.9. The van der Waals surface area contributed by atoms with E-state index in [1.807, 2.05) is 93.6 Å². The Hall–Kier alpha value is -3.80. The van der Waals surface area contributed by atoms with Crippen molar-refractivity contribution in [2.45, 2.75) is 65.1 Å². The van der Waals surface area contributed by atoms with Crippen LogP contribution < -0.4 is 14.8 Å². The van der Waals surface area contributed by atoms with Crippen molar-refractivity contribution >= 4 is 11.8 Å². The number of ether oxygens (including phenoxy) is 2. The highest BCUT2D eigenvalue weighted by atomic mass is 16.5. The van der Waals surface area contributed by atoms with Crippen molar-refractivity contribution in [2.24, 2.45) is 0 Å².